The molecule has 2 aromatic carbocycles. The van der Waals surface area contributed by atoms with E-state index in [-0.39, 0.29) is 11.4 Å². The van der Waals surface area contributed by atoms with Crippen LogP contribution in [0.1, 0.15) is 5.56 Å². The maximum absolute atomic E-state index is 14.6. The first-order chi connectivity index (χ1) is 14.4. The average Bonchev–Trinajstić information content (AvgIpc) is 2.74. The molecule has 152 valence electrons. The number of fused-ring (bicyclic) bond motifs is 1. The van der Waals surface area contributed by atoms with Crippen LogP contribution in [0.2, 0.25) is 0 Å². The third-order valence-corrected chi connectivity index (χ3v) is 6.13. The van der Waals surface area contributed by atoms with Crippen LogP contribution in [-0.2, 0) is 15.8 Å². The van der Waals surface area contributed by atoms with Crippen molar-refractivity contribution in [3.8, 4) is 11.3 Å². The molecule has 0 aliphatic heterocycles. The third-order valence-electron chi connectivity index (χ3n) is 4.33. The molecule has 0 radical (unpaired) electrons. The van der Waals surface area contributed by atoms with Gasteiger partial charge in [-0.25, -0.2) is 27.8 Å². The zero-order chi connectivity index (χ0) is 21.1. The predicted molar refractivity (Wildman–Crippen MR) is 117 cm³/mol. The molecule has 30 heavy (non-hydrogen) atoms. The van der Waals surface area contributed by atoms with E-state index in [0.29, 0.717) is 33.0 Å². The molecule has 0 unspecified atom stereocenters. The van der Waals surface area contributed by atoms with Gasteiger partial charge >= 0.3 is 0 Å². The van der Waals surface area contributed by atoms with E-state index >= 15 is 0 Å². The summed E-state index contributed by atoms with van der Waals surface area (Å²) < 4.78 is 41.7. The summed E-state index contributed by atoms with van der Waals surface area (Å²) in [6, 6.07) is 16.5. The van der Waals surface area contributed by atoms with Crippen LogP contribution in [-0.4, -0.2) is 29.6 Å². The van der Waals surface area contributed by atoms with Crippen molar-refractivity contribution in [3.05, 3.63) is 78.2 Å². The zero-order valence-corrected chi connectivity index (χ0v) is 17.5. The Morgan fingerprint density at radius 2 is 1.80 bits per heavy atom. The molecule has 0 amide bonds. The first-order valence-corrected chi connectivity index (χ1v) is 11.8. The normalized spacial score (nSPS) is 11.5. The highest BCUT2D eigenvalue weighted by Gasteiger charge is 2.15. The molecule has 0 saturated carbocycles. The van der Waals surface area contributed by atoms with Gasteiger partial charge in [0.25, 0.3) is 0 Å². The Balaban J connectivity index is 1.58. The number of sulfonamides is 1. The van der Waals surface area contributed by atoms with Gasteiger partial charge in [-0.2, -0.15) is 0 Å². The molecule has 0 atom stereocenters. The van der Waals surface area contributed by atoms with Gasteiger partial charge < -0.3 is 0 Å². The summed E-state index contributed by atoms with van der Waals surface area (Å²) in [6.45, 7) is 0. The Morgan fingerprint density at radius 1 is 1.00 bits per heavy atom. The van der Waals surface area contributed by atoms with Crippen molar-refractivity contribution in [2.24, 2.45) is 0 Å². The van der Waals surface area contributed by atoms with Crippen LogP contribution >= 0.6 is 11.8 Å². The number of hydrogen-bond acceptors (Lipinski definition) is 6. The van der Waals surface area contributed by atoms with Crippen LogP contribution in [0.25, 0.3) is 22.3 Å². The summed E-state index contributed by atoms with van der Waals surface area (Å²) in [4.78, 5) is 13.1. The van der Waals surface area contributed by atoms with Crippen molar-refractivity contribution in [2.45, 2.75) is 10.9 Å². The molecule has 0 spiro atoms. The molecule has 0 aliphatic rings. The lowest BCUT2D eigenvalue weighted by Gasteiger charge is -2.10. The molecule has 0 bridgehead atoms. The lowest BCUT2D eigenvalue weighted by molar-refractivity contribution is 0.598. The fourth-order valence-electron chi connectivity index (χ4n) is 2.92. The van der Waals surface area contributed by atoms with Gasteiger partial charge in [-0.15, -0.1) is 0 Å². The molecule has 0 saturated heterocycles. The number of thioether (sulfide) groups is 1. The van der Waals surface area contributed by atoms with Gasteiger partial charge in [0.2, 0.25) is 10.0 Å². The van der Waals surface area contributed by atoms with Crippen molar-refractivity contribution < 1.29 is 12.8 Å². The predicted octanol–water partition coefficient (Wildman–Crippen LogP) is 4.49. The van der Waals surface area contributed by atoms with Gasteiger partial charge in [-0.05, 0) is 36.1 Å². The Labute approximate surface area is 177 Å². The van der Waals surface area contributed by atoms with E-state index in [0.717, 1.165) is 0 Å². The molecule has 4 aromatic rings. The number of nitrogens with one attached hydrogen (secondary N) is 1. The lowest BCUT2D eigenvalue weighted by Crippen LogP contribution is -2.16. The molecule has 1 N–H and O–H groups in total. The van der Waals surface area contributed by atoms with E-state index in [2.05, 4.69) is 19.7 Å². The largest absolute Gasteiger partial charge is 0.280 e. The monoisotopic (exact) mass is 440 g/mol. The standard InChI is InChI=1S/C21H17FN4O2S2/c1-29-21-23-12-20-19(25-21)10-9-17(24-20)15-7-8-18(16(22)11-15)26-30(27,28)13-14-5-3-2-4-6-14/h2-12,26H,13H2,1H3. The van der Waals surface area contributed by atoms with E-state index < -0.39 is 15.8 Å². The van der Waals surface area contributed by atoms with Crippen LogP contribution in [0.4, 0.5) is 10.1 Å². The number of nitrogens with zero attached hydrogens (tertiary/aromatic N) is 3. The molecule has 6 nitrogen and oxygen atoms in total. The molecule has 2 heterocycles. The fraction of sp³-hybridized carbons (Fsp3) is 0.0952. The Bertz CT molecular complexity index is 1320. The highest BCUT2D eigenvalue weighted by atomic mass is 32.2. The van der Waals surface area contributed by atoms with Gasteiger partial charge in [-0.1, -0.05) is 48.2 Å². The second-order valence-corrected chi connectivity index (χ2v) is 8.99. The van der Waals surface area contributed by atoms with E-state index in [1.807, 2.05) is 6.26 Å². The number of pyridine rings is 1. The number of benzene rings is 2. The van der Waals surface area contributed by atoms with Gasteiger partial charge in [0.05, 0.1) is 28.8 Å². The van der Waals surface area contributed by atoms with Crippen LogP contribution in [0.5, 0.6) is 0 Å². The minimum atomic E-state index is -3.75. The number of halogens is 1. The number of rotatable bonds is 6. The third kappa shape index (κ3) is 4.58. The summed E-state index contributed by atoms with van der Waals surface area (Å²) in [7, 11) is -3.75. The molecule has 2 aromatic heterocycles. The van der Waals surface area contributed by atoms with Crippen molar-refractivity contribution in [1.29, 1.82) is 0 Å². The molecule has 4 rings (SSSR count). The maximum Gasteiger partial charge on any atom is 0.237 e. The average molecular weight is 441 g/mol. The SMILES string of the molecule is CSc1ncc2nc(-c3ccc(NS(=O)(=O)Cc4ccccc4)c(F)c3)ccc2n1. The molecular weight excluding hydrogens is 423 g/mol. The second kappa shape index (κ2) is 8.37. The number of anilines is 1. The lowest BCUT2D eigenvalue weighted by atomic mass is 10.1. The van der Waals surface area contributed by atoms with Gasteiger partial charge in [0.15, 0.2) is 5.16 Å². The van der Waals surface area contributed by atoms with Gasteiger partial charge in [0, 0.05) is 5.56 Å². The zero-order valence-electron chi connectivity index (χ0n) is 15.9. The minimum absolute atomic E-state index is 0.108. The number of hydrogen-bond donors (Lipinski definition) is 1. The van der Waals surface area contributed by atoms with Crippen molar-refractivity contribution >= 4 is 38.5 Å². The Morgan fingerprint density at radius 3 is 2.53 bits per heavy atom. The highest BCUT2D eigenvalue weighted by Crippen LogP contribution is 2.26. The maximum atomic E-state index is 14.6. The van der Waals surface area contributed by atoms with E-state index in [9.17, 15) is 12.8 Å². The summed E-state index contributed by atoms with van der Waals surface area (Å²) in [5.41, 5.74) is 2.87. The van der Waals surface area contributed by atoms with Gasteiger partial charge in [-0.3, -0.25) is 4.72 Å². The first-order valence-electron chi connectivity index (χ1n) is 8.96. The minimum Gasteiger partial charge on any atom is -0.280 e. The summed E-state index contributed by atoms with van der Waals surface area (Å²) in [5, 5.41) is 0.648. The van der Waals surface area contributed by atoms with E-state index in [4.69, 9.17) is 0 Å². The van der Waals surface area contributed by atoms with E-state index in [1.54, 1.807) is 54.7 Å². The molecule has 0 fully saturated rings. The smallest absolute Gasteiger partial charge is 0.237 e. The van der Waals surface area contributed by atoms with Gasteiger partial charge in [0.1, 0.15) is 11.3 Å². The molecular formula is C21H17FN4O2S2. The summed E-state index contributed by atoms with van der Waals surface area (Å²) in [5.74, 6) is -0.917. The van der Waals surface area contributed by atoms with E-state index in [1.165, 1.54) is 23.9 Å². The second-order valence-electron chi connectivity index (χ2n) is 6.50. The Hall–Kier alpha value is -3.04. The first kappa shape index (κ1) is 20.2. The molecule has 0 aliphatic carbocycles. The van der Waals surface area contributed by atoms with Crippen LogP contribution in [0.3, 0.4) is 0 Å². The topological polar surface area (TPSA) is 84.8 Å². The Kier molecular flexibility index (Phi) is 5.65. The van der Waals surface area contributed by atoms with Crippen LogP contribution in [0.15, 0.2) is 72.0 Å². The highest BCUT2D eigenvalue weighted by molar-refractivity contribution is 7.98. The van der Waals surface area contributed by atoms with Crippen molar-refractivity contribution in [1.82, 2.24) is 15.0 Å². The van der Waals surface area contributed by atoms with Crippen LogP contribution < -0.4 is 4.72 Å². The summed E-state index contributed by atoms with van der Waals surface area (Å²) >= 11 is 1.44. The summed E-state index contributed by atoms with van der Waals surface area (Å²) in [6.07, 6.45) is 3.52. The van der Waals surface area contributed by atoms with Crippen LogP contribution in [0, 0.1) is 5.82 Å². The number of aromatic nitrogens is 3. The fourth-order valence-corrected chi connectivity index (χ4v) is 4.47. The van der Waals surface area contributed by atoms with Crippen molar-refractivity contribution in [2.75, 3.05) is 11.0 Å². The quantitative estimate of drug-likeness (QED) is 0.351. The van der Waals surface area contributed by atoms with Crippen molar-refractivity contribution in [3.63, 3.8) is 0 Å². The molecule has 9 heteroatoms.